The quantitative estimate of drug-likeness (QED) is 0.821. The zero-order valence-corrected chi connectivity index (χ0v) is 13.0. The Hall–Kier alpha value is -1.67. The highest BCUT2D eigenvalue weighted by Gasteiger charge is 2.14. The molecule has 1 aromatic carbocycles. The minimum absolute atomic E-state index is 0.403. The topological polar surface area (TPSA) is 24.9 Å². The van der Waals surface area contributed by atoms with Crippen LogP contribution in [0.3, 0.4) is 0 Å². The average Bonchev–Trinajstić information content (AvgIpc) is 2.53. The van der Waals surface area contributed by atoms with Gasteiger partial charge in [0.05, 0.1) is 5.52 Å². The second-order valence-electron chi connectivity index (χ2n) is 6.06. The zero-order chi connectivity index (χ0) is 14.7. The van der Waals surface area contributed by atoms with Crippen molar-refractivity contribution in [2.45, 2.75) is 45.1 Å². The van der Waals surface area contributed by atoms with Crippen molar-refractivity contribution in [3.63, 3.8) is 0 Å². The SMILES string of the molecule is CNC(CC1=CCCCC1)c1ccc2nc(C)ccc2c1. The summed E-state index contributed by atoms with van der Waals surface area (Å²) < 4.78 is 0. The zero-order valence-electron chi connectivity index (χ0n) is 13.0. The Morgan fingerprint density at radius 1 is 1.19 bits per heavy atom. The standard InChI is InChI=1S/C19H24N2/c1-14-8-9-16-13-17(10-11-18(16)21-14)19(20-2)12-15-6-4-3-5-7-15/h6,8-11,13,19-20H,3-5,7,12H2,1-2H3. The van der Waals surface area contributed by atoms with Crippen LogP contribution in [0.25, 0.3) is 10.9 Å². The third-order valence-electron chi connectivity index (χ3n) is 4.45. The molecular formula is C19H24N2. The molecule has 1 unspecified atom stereocenters. The monoisotopic (exact) mass is 280 g/mol. The Kier molecular flexibility index (Phi) is 4.35. The van der Waals surface area contributed by atoms with E-state index in [9.17, 15) is 0 Å². The van der Waals surface area contributed by atoms with Crippen LogP contribution in [0, 0.1) is 6.92 Å². The maximum absolute atomic E-state index is 4.59. The van der Waals surface area contributed by atoms with Gasteiger partial charge in [-0.05, 0) is 69.8 Å². The van der Waals surface area contributed by atoms with Crippen molar-refractivity contribution in [1.29, 1.82) is 0 Å². The van der Waals surface area contributed by atoms with Crippen molar-refractivity contribution >= 4 is 10.9 Å². The number of allylic oxidation sites excluding steroid dienone is 1. The molecule has 0 amide bonds. The van der Waals surface area contributed by atoms with Gasteiger partial charge in [0.1, 0.15) is 0 Å². The molecule has 1 aromatic heterocycles. The van der Waals surface area contributed by atoms with Gasteiger partial charge in [-0.1, -0.05) is 23.8 Å². The molecule has 0 radical (unpaired) electrons. The van der Waals surface area contributed by atoms with Crippen molar-refractivity contribution in [2.75, 3.05) is 7.05 Å². The first-order valence-electron chi connectivity index (χ1n) is 7.99. The molecule has 2 nitrogen and oxygen atoms in total. The lowest BCUT2D eigenvalue weighted by molar-refractivity contribution is 0.559. The van der Waals surface area contributed by atoms with Crippen LogP contribution >= 0.6 is 0 Å². The van der Waals surface area contributed by atoms with Crippen LogP contribution in [-0.2, 0) is 0 Å². The number of nitrogens with one attached hydrogen (secondary N) is 1. The van der Waals surface area contributed by atoms with E-state index in [1.165, 1.54) is 36.6 Å². The van der Waals surface area contributed by atoms with Crippen molar-refractivity contribution in [3.05, 3.63) is 53.2 Å². The molecule has 0 spiro atoms. The van der Waals surface area contributed by atoms with Gasteiger partial charge >= 0.3 is 0 Å². The van der Waals surface area contributed by atoms with E-state index in [2.05, 4.69) is 53.8 Å². The van der Waals surface area contributed by atoms with E-state index in [-0.39, 0.29) is 0 Å². The van der Waals surface area contributed by atoms with Crippen LogP contribution in [0.2, 0.25) is 0 Å². The van der Waals surface area contributed by atoms with Gasteiger partial charge < -0.3 is 5.32 Å². The number of aryl methyl sites for hydroxylation is 1. The number of hydrogen-bond acceptors (Lipinski definition) is 2. The van der Waals surface area contributed by atoms with Crippen molar-refractivity contribution in [1.82, 2.24) is 10.3 Å². The first-order chi connectivity index (χ1) is 10.3. The number of aromatic nitrogens is 1. The summed E-state index contributed by atoms with van der Waals surface area (Å²) in [5.41, 5.74) is 5.14. The van der Waals surface area contributed by atoms with E-state index >= 15 is 0 Å². The van der Waals surface area contributed by atoms with E-state index in [1.54, 1.807) is 5.57 Å². The molecule has 0 fully saturated rings. The lowest BCUT2D eigenvalue weighted by Gasteiger charge is -2.21. The van der Waals surface area contributed by atoms with Crippen LogP contribution in [0.5, 0.6) is 0 Å². The third-order valence-corrected chi connectivity index (χ3v) is 4.45. The van der Waals surface area contributed by atoms with Gasteiger partial charge in [0.15, 0.2) is 0 Å². The number of nitrogens with zero attached hydrogens (tertiary/aromatic N) is 1. The molecular weight excluding hydrogens is 256 g/mol. The van der Waals surface area contributed by atoms with Crippen LogP contribution in [0.15, 0.2) is 42.0 Å². The van der Waals surface area contributed by atoms with E-state index in [0.29, 0.717) is 6.04 Å². The lowest BCUT2D eigenvalue weighted by Crippen LogP contribution is -2.17. The average molecular weight is 280 g/mol. The summed E-state index contributed by atoms with van der Waals surface area (Å²) in [5.74, 6) is 0. The number of pyridine rings is 1. The maximum atomic E-state index is 4.59. The molecule has 1 aliphatic rings. The summed E-state index contributed by atoms with van der Waals surface area (Å²) in [6.45, 7) is 2.04. The summed E-state index contributed by atoms with van der Waals surface area (Å²) in [7, 11) is 2.06. The summed E-state index contributed by atoms with van der Waals surface area (Å²) in [6, 6.07) is 11.3. The molecule has 2 aromatic rings. The van der Waals surface area contributed by atoms with Crippen LogP contribution in [0.1, 0.15) is 49.4 Å². The largest absolute Gasteiger partial charge is 0.313 e. The molecule has 1 aliphatic carbocycles. The Balaban J connectivity index is 1.86. The molecule has 0 saturated heterocycles. The second-order valence-corrected chi connectivity index (χ2v) is 6.06. The maximum Gasteiger partial charge on any atom is 0.0705 e. The summed E-state index contributed by atoms with van der Waals surface area (Å²) in [4.78, 5) is 4.59. The Bertz CT molecular complexity index is 658. The summed E-state index contributed by atoms with van der Waals surface area (Å²) >= 11 is 0. The minimum Gasteiger partial charge on any atom is -0.313 e. The van der Waals surface area contributed by atoms with E-state index < -0.39 is 0 Å². The molecule has 0 bridgehead atoms. The number of fused-ring (bicyclic) bond motifs is 1. The summed E-state index contributed by atoms with van der Waals surface area (Å²) in [5, 5.41) is 4.71. The van der Waals surface area contributed by atoms with Crippen LogP contribution in [-0.4, -0.2) is 12.0 Å². The first kappa shape index (κ1) is 14.3. The number of benzene rings is 1. The molecule has 110 valence electrons. The molecule has 21 heavy (non-hydrogen) atoms. The molecule has 0 aliphatic heterocycles. The Morgan fingerprint density at radius 2 is 2.10 bits per heavy atom. The van der Waals surface area contributed by atoms with Crippen LogP contribution < -0.4 is 5.32 Å². The second kappa shape index (κ2) is 6.40. The molecule has 3 rings (SSSR count). The molecule has 0 saturated carbocycles. The fraction of sp³-hybridized carbons (Fsp3) is 0.421. The molecule has 1 N–H and O–H groups in total. The van der Waals surface area contributed by atoms with Gasteiger partial charge in [-0.15, -0.1) is 0 Å². The normalized spacial score (nSPS) is 16.8. The Labute approximate surface area is 127 Å². The van der Waals surface area contributed by atoms with Crippen molar-refractivity contribution < 1.29 is 0 Å². The Morgan fingerprint density at radius 3 is 2.86 bits per heavy atom. The van der Waals surface area contributed by atoms with Crippen molar-refractivity contribution in [2.24, 2.45) is 0 Å². The third kappa shape index (κ3) is 3.33. The summed E-state index contributed by atoms with van der Waals surface area (Å²) in [6.07, 6.45) is 8.80. The van der Waals surface area contributed by atoms with Gasteiger partial charge in [-0.2, -0.15) is 0 Å². The first-order valence-corrected chi connectivity index (χ1v) is 7.99. The highest BCUT2D eigenvalue weighted by atomic mass is 14.9. The molecule has 1 atom stereocenters. The van der Waals surface area contributed by atoms with E-state index in [0.717, 1.165) is 17.6 Å². The van der Waals surface area contributed by atoms with E-state index in [4.69, 9.17) is 0 Å². The predicted molar refractivity (Wildman–Crippen MR) is 89.4 cm³/mol. The van der Waals surface area contributed by atoms with Gasteiger partial charge in [-0.25, -0.2) is 0 Å². The van der Waals surface area contributed by atoms with Gasteiger partial charge in [0.25, 0.3) is 0 Å². The van der Waals surface area contributed by atoms with E-state index in [1.807, 2.05) is 6.92 Å². The van der Waals surface area contributed by atoms with Gasteiger partial charge in [0.2, 0.25) is 0 Å². The lowest BCUT2D eigenvalue weighted by atomic mass is 9.91. The van der Waals surface area contributed by atoms with Gasteiger partial charge in [0, 0.05) is 17.1 Å². The molecule has 2 heteroatoms. The smallest absolute Gasteiger partial charge is 0.0705 e. The van der Waals surface area contributed by atoms with Crippen LogP contribution in [0.4, 0.5) is 0 Å². The highest BCUT2D eigenvalue weighted by Crippen LogP contribution is 2.28. The minimum atomic E-state index is 0.403. The fourth-order valence-electron chi connectivity index (χ4n) is 3.20. The van der Waals surface area contributed by atoms with Gasteiger partial charge in [-0.3, -0.25) is 4.98 Å². The fourth-order valence-corrected chi connectivity index (χ4v) is 3.20. The predicted octanol–water partition coefficient (Wildman–Crippen LogP) is 4.69. The number of rotatable bonds is 4. The molecule has 1 heterocycles. The number of hydrogen-bond donors (Lipinski definition) is 1. The highest BCUT2D eigenvalue weighted by molar-refractivity contribution is 5.79. The van der Waals surface area contributed by atoms with Crippen molar-refractivity contribution in [3.8, 4) is 0 Å².